The van der Waals surface area contributed by atoms with E-state index >= 15 is 0 Å². The molecule has 1 heterocycles. The van der Waals surface area contributed by atoms with Gasteiger partial charge in [-0.25, -0.2) is 0 Å². The zero-order valence-corrected chi connectivity index (χ0v) is 18.6. The summed E-state index contributed by atoms with van der Waals surface area (Å²) in [7, 11) is 0. The number of para-hydroxylation sites is 1. The molecule has 4 nitrogen and oxygen atoms in total. The van der Waals surface area contributed by atoms with E-state index in [-0.39, 0.29) is 18.0 Å². The number of amidine groups is 1. The third-order valence-corrected chi connectivity index (χ3v) is 5.63. The SMILES string of the molecule is CC(C)N=C1S/C(=C/c2ccccc2OCc2ccccc2Cl)C(=O)N1C(C)C. The van der Waals surface area contributed by atoms with Crippen molar-refractivity contribution >= 4 is 40.5 Å². The highest BCUT2D eigenvalue weighted by molar-refractivity contribution is 8.18. The van der Waals surface area contributed by atoms with Crippen LogP contribution in [0, 0.1) is 0 Å². The standard InChI is InChI=1S/C23H25ClN2O2S/c1-15(2)25-23-26(16(3)4)22(27)21(29-23)13-17-9-6-8-12-20(17)28-14-18-10-5-7-11-19(18)24/h5-13,15-16H,14H2,1-4H3/b21-13+,25-23?. The molecule has 152 valence electrons. The molecule has 0 bridgehead atoms. The molecule has 2 aromatic rings. The van der Waals surface area contributed by atoms with Crippen LogP contribution >= 0.6 is 23.4 Å². The molecule has 1 aliphatic heterocycles. The third-order valence-electron chi connectivity index (χ3n) is 4.27. The maximum Gasteiger partial charge on any atom is 0.266 e. The van der Waals surface area contributed by atoms with Gasteiger partial charge in [-0.1, -0.05) is 48.0 Å². The van der Waals surface area contributed by atoms with Crippen molar-refractivity contribution in [2.24, 2.45) is 4.99 Å². The minimum Gasteiger partial charge on any atom is -0.488 e. The van der Waals surface area contributed by atoms with Crippen LogP contribution in [0.2, 0.25) is 5.02 Å². The second kappa shape index (κ2) is 9.51. The van der Waals surface area contributed by atoms with E-state index in [0.29, 0.717) is 22.3 Å². The van der Waals surface area contributed by atoms with Gasteiger partial charge in [-0.3, -0.25) is 14.7 Å². The lowest BCUT2D eigenvalue weighted by molar-refractivity contribution is -0.123. The first kappa shape index (κ1) is 21.5. The summed E-state index contributed by atoms with van der Waals surface area (Å²) < 4.78 is 6.02. The molecular formula is C23H25ClN2O2S. The summed E-state index contributed by atoms with van der Waals surface area (Å²) in [5, 5.41) is 1.42. The van der Waals surface area contributed by atoms with Crippen molar-refractivity contribution in [1.82, 2.24) is 4.90 Å². The van der Waals surface area contributed by atoms with Crippen molar-refractivity contribution in [3.8, 4) is 5.75 Å². The van der Waals surface area contributed by atoms with Gasteiger partial charge in [0.2, 0.25) is 0 Å². The molecular weight excluding hydrogens is 404 g/mol. The number of thioether (sulfide) groups is 1. The van der Waals surface area contributed by atoms with E-state index in [2.05, 4.69) is 4.99 Å². The Labute approximate surface area is 181 Å². The number of rotatable bonds is 6. The monoisotopic (exact) mass is 428 g/mol. The molecule has 1 amide bonds. The number of hydrogen-bond acceptors (Lipinski definition) is 4. The predicted octanol–water partition coefficient (Wildman–Crippen LogP) is 6.01. The summed E-state index contributed by atoms with van der Waals surface area (Å²) in [6, 6.07) is 15.5. The number of hydrogen-bond donors (Lipinski definition) is 0. The van der Waals surface area contributed by atoms with Crippen molar-refractivity contribution in [3.63, 3.8) is 0 Å². The maximum atomic E-state index is 13.0. The molecule has 6 heteroatoms. The Morgan fingerprint density at radius 3 is 2.48 bits per heavy atom. The summed E-state index contributed by atoms with van der Waals surface area (Å²) in [5.74, 6) is 0.684. The second-order valence-electron chi connectivity index (χ2n) is 7.30. The van der Waals surface area contributed by atoms with Gasteiger partial charge in [0.05, 0.1) is 4.91 Å². The number of amides is 1. The predicted molar refractivity (Wildman–Crippen MR) is 122 cm³/mol. The molecule has 1 aliphatic rings. The Balaban J connectivity index is 1.87. The van der Waals surface area contributed by atoms with Gasteiger partial charge in [0, 0.05) is 28.2 Å². The quantitative estimate of drug-likeness (QED) is 0.529. The highest BCUT2D eigenvalue weighted by atomic mass is 35.5. The van der Waals surface area contributed by atoms with Crippen molar-refractivity contribution in [2.75, 3.05) is 0 Å². The fourth-order valence-corrected chi connectivity index (χ4v) is 4.31. The minimum atomic E-state index is -0.0229. The summed E-state index contributed by atoms with van der Waals surface area (Å²) in [4.78, 5) is 20.0. The van der Waals surface area contributed by atoms with Gasteiger partial charge < -0.3 is 4.74 Å². The lowest BCUT2D eigenvalue weighted by Gasteiger charge is -2.20. The van der Waals surface area contributed by atoms with Crippen molar-refractivity contribution < 1.29 is 9.53 Å². The van der Waals surface area contributed by atoms with E-state index in [1.807, 2.05) is 82.3 Å². The van der Waals surface area contributed by atoms with Crippen LogP contribution in [0.15, 0.2) is 58.4 Å². The zero-order chi connectivity index (χ0) is 21.0. The lowest BCUT2D eigenvalue weighted by Crippen LogP contribution is -2.35. The van der Waals surface area contributed by atoms with Crippen LogP contribution < -0.4 is 4.74 Å². The van der Waals surface area contributed by atoms with E-state index in [9.17, 15) is 4.79 Å². The van der Waals surface area contributed by atoms with Crippen LogP contribution in [0.5, 0.6) is 5.75 Å². The van der Waals surface area contributed by atoms with Crippen LogP contribution in [-0.2, 0) is 11.4 Å². The molecule has 1 saturated heterocycles. The summed E-state index contributed by atoms with van der Waals surface area (Å²) in [6.45, 7) is 8.38. The number of carbonyl (C=O) groups excluding carboxylic acids is 1. The van der Waals surface area contributed by atoms with E-state index < -0.39 is 0 Å². The van der Waals surface area contributed by atoms with Gasteiger partial charge in [-0.2, -0.15) is 0 Å². The highest BCUT2D eigenvalue weighted by Gasteiger charge is 2.35. The third kappa shape index (κ3) is 5.22. The molecule has 0 aromatic heterocycles. The molecule has 0 N–H and O–H groups in total. The second-order valence-corrected chi connectivity index (χ2v) is 8.72. The number of aliphatic imine (C=N–C) groups is 1. The Morgan fingerprint density at radius 1 is 1.10 bits per heavy atom. The molecule has 0 unspecified atom stereocenters. The Bertz CT molecular complexity index is 953. The van der Waals surface area contributed by atoms with Gasteiger partial charge in [-0.15, -0.1) is 0 Å². The number of ether oxygens (including phenoxy) is 1. The van der Waals surface area contributed by atoms with E-state index in [0.717, 1.165) is 16.3 Å². The molecule has 0 spiro atoms. The van der Waals surface area contributed by atoms with Gasteiger partial charge in [0.1, 0.15) is 12.4 Å². The van der Waals surface area contributed by atoms with Gasteiger partial charge in [-0.05, 0) is 57.7 Å². The first-order chi connectivity index (χ1) is 13.9. The lowest BCUT2D eigenvalue weighted by atomic mass is 10.1. The summed E-state index contributed by atoms with van der Waals surface area (Å²) >= 11 is 7.65. The van der Waals surface area contributed by atoms with Crippen LogP contribution in [0.3, 0.4) is 0 Å². The first-order valence-electron chi connectivity index (χ1n) is 9.63. The van der Waals surface area contributed by atoms with E-state index in [1.165, 1.54) is 11.8 Å². The largest absolute Gasteiger partial charge is 0.488 e. The number of nitrogens with zero attached hydrogens (tertiary/aromatic N) is 2. The van der Waals surface area contributed by atoms with E-state index in [1.54, 1.807) is 4.90 Å². The average Bonchev–Trinajstić information content (AvgIpc) is 2.96. The molecule has 1 fully saturated rings. The Morgan fingerprint density at radius 2 is 1.79 bits per heavy atom. The summed E-state index contributed by atoms with van der Waals surface area (Å²) in [6.07, 6.45) is 1.88. The fraction of sp³-hybridized carbons (Fsp3) is 0.304. The molecule has 0 saturated carbocycles. The van der Waals surface area contributed by atoms with E-state index in [4.69, 9.17) is 16.3 Å². The highest BCUT2D eigenvalue weighted by Crippen LogP contribution is 2.35. The fourth-order valence-electron chi connectivity index (χ4n) is 2.90. The minimum absolute atomic E-state index is 0.0229. The molecule has 0 aliphatic carbocycles. The molecule has 0 atom stereocenters. The van der Waals surface area contributed by atoms with Crippen LogP contribution in [0.4, 0.5) is 0 Å². The smallest absolute Gasteiger partial charge is 0.266 e. The molecule has 0 radical (unpaired) electrons. The van der Waals surface area contributed by atoms with Crippen molar-refractivity contribution in [1.29, 1.82) is 0 Å². The molecule has 29 heavy (non-hydrogen) atoms. The average molecular weight is 429 g/mol. The Hall–Kier alpha value is -2.24. The van der Waals surface area contributed by atoms with Gasteiger partial charge >= 0.3 is 0 Å². The molecule has 2 aromatic carbocycles. The van der Waals surface area contributed by atoms with Crippen molar-refractivity contribution in [2.45, 2.75) is 46.4 Å². The van der Waals surface area contributed by atoms with Crippen LogP contribution in [0.1, 0.15) is 38.8 Å². The first-order valence-corrected chi connectivity index (χ1v) is 10.8. The zero-order valence-electron chi connectivity index (χ0n) is 17.1. The van der Waals surface area contributed by atoms with Gasteiger partial charge in [0.15, 0.2) is 5.17 Å². The van der Waals surface area contributed by atoms with Crippen molar-refractivity contribution in [3.05, 3.63) is 69.6 Å². The number of carbonyl (C=O) groups is 1. The maximum absolute atomic E-state index is 13.0. The normalized spacial score (nSPS) is 17.2. The summed E-state index contributed by atoms with van der Waals surface area (Å²) in [5.41, 5.74) is 1.77. The number of benzene rings is 2. The topological polar surface area (TPSA) is 41.9 Å². The number of halogens is 1. The molecule has 3 rings (SSSR count). The van der Waals surface area contributed by atoms with Gasteiger partial charge in [0.25, 0.3) is 5.91 Å². The van der Waals surface area contributed by atoms with Crippen LogP contribution in [0.25, 0.3) is 6.08 Å². The van der Waals surface area contributed by atoms with Crippen LogP contribution in [-0.4, -0.2) is 28.1 Å². The Kier molecular flexibility index (Phi) is 7.04.